The summed E-state index contributed by atoms with van der Waals surface area (Å²) in [4.78, 5) is 0.736. The smallest absolute Gasteiger partial charge is 0.136 e. The minimum atomic E-state index is -0.123. The molecule has 0 aliphatic carbocycles. The van der Waals surface area contributed by atoms with E-state index >= 15 is 0 Å². The average Bonchev–Trinajstić information content (AvgIpc) is 2.24. The Labute approximate surface area is 108 Å². The third kappa shape index (κ3) is 4.68. The van der Waals surface area contributed by atoms with Gasteiger partial charge in [0.25, 0.3) is 0 Å². The molecule has 3 heteroatoms. The fourth-order valence-electron chi connectivity index (χ4n) is 1.60. The van der Waals surface area contributed by atoms with Gasteiger partial charge in [-0.05, 0) is 24.1 Å². The Kier molecular flexibility index (Phi) is 5.47. The Hall–Kier alpha value is -0.540. The molecule has 1 rings (SSSR count). The molecule has 17 heavy (non-hydrogen) atoms. The Bertz CT molecular complexity index is 346. The second-order valence-electron chi connectivity index (χ2n) is 5.22. The van der Waals surface area contributed by atoms with Crippen LogP contribution in [0, 0.1) is 11.2 Å². The van der Waals surface area contributed by atoms with Crippen LogP contribution in [0.25, 0.3) is 0 Å². The summed E-state index contributed by atoms with van der Waals surface area (Å²) >= 11 is 1.58. The average molecular weight is 255 g/mol. The van der Waals surface area contributed by atoms with E-state index in [9.17, 15) is 4.39 Å². The minimum absolute atomic E-state index is 0.123. The van der Waals surface area contributed by atoms with Gasteiger partial charge >= 0.3 is 0 Å². The molecule has 1 nitrogen and oxygen atoms in total. The van der Waals surface area contributed by atoms with Gasteiger partial charge in [-0.15, -0.1) is 11.8 Å². The first kappa shape index (κ1) is 14.5. The topological polar surface area (TPSA) is 12.0 Å². The number of halogens is 1. The van der Waals surface area contributed by atoms with Gasteiger partial charge in [-0.1, -0.05) is 39.8 Å². The van der Waals surface area contributed by atoms with Crippen molar-refractivity contribution >= 4 is 11.8 Å². The van der Waals surface area contributed by atoms with Crippen molar-refractivity contribution in [3.05, 3.63) is 30.1 Å². The van der Waals surface area contributed by atoms with Gasteiger partial charge in [-0.25, -0.2) is 4.39 Å². The molecule has 0 bridgehead atoms. The predicted octanol–water partition coefficient (Wildman–Crippen LogP) is 3.94. The van der Waals surface area contributed by atoms with Crippen molar-refractivity contribution in [1.29, 1.82) is 0 Å². The quantitative estimate of drug-likeness (QED) is 0.800. The normalized spacial score (nSPS) is 13.7. The van der Waals surface area contributed by atoms with Crippen molar-refractivity contribution in [3.8, 4) is 0 Å². The van der Waals surface area contributed by atoms with Crippen LogP contribution in [0.15, 0.2) is 29.2 Å². The summed E-state index contributed by atoms with van der Waals surface area (Å²) < 4.78 is 13.5. The van der Waals surface area contributed by atoms with E-state index in [-0.39, 0.29) is 11.2 Å². The molecule has 0 aromatic heterocycles. The Morgan fingerprint density at radius 1 is 1.29 bits per heavy atom. The molecule has 0 amide bonds. The van der Waals surface area contributed by atoms with Gasteiger partial charge in [0.2, 0.25) is 0 Å². The van der Waals surface area contributed by atoms with E-state index in [1.54, 1.807) is 17.8 Å². The van der Waals surface area contributed by atoms with Gasteiger partial charge in [0.15, 0.2) is 0 Å². The standard InChI is InChI=1S/C14H22FNS/c1-5-16-13(14(2,3)4)10-17-12-9-7-6-8-11(12)15/h6-9,13,16H,5,10H2,1-4H3. The van der Waals surface area contributed by atoms with Crippen LogP contribution in [0.2, 0.25) is 0 Å². The summed E-state index contributed by atoms with van der Waals surface area (Å²) in [7, 11) is 0. The van der Waals surface area contributed by atoms with Crippen LogP contribution >= 0.6 is 11.8 Å². The molecule has 1 unspecified atom stereocenters. The summed E-state index contributed by atoms with van der Waals surface area (Å²) in [6, 6.07) is 7.35. The molecule has 1 aromatic carbocycles. The van der Waals surface area contributed by atoms with Crippen LogP contribution in [0.1, 0.15) is 27.7 Å². The predicted molar refractivity (Wildman–Crippen MR) is 74.0 cm³/mol. The maximum absolute atomic E-state index is 13.5. The number of rotatable bonds is 5. The fraction of sp³-hybridized carbons (Fsp3) is 0.571. The molecule has 0 radical (unpaired) electrons. The van der Waals surface area contributed by atoms with Crippen molar-refractivity contribution in [2.24, 2.45) is 5.41 Å². The van der Waals surface area contributed by atoms with Crippen molar-refractivity contribution < 1.29 is 4.39 Å². The molecule has 1 N–H and O–H groups in total. The highest BCUT2D eigenvalue weighted by atomic mass is 32.2. The van der Waals surface area contributed by atoms with Crippen molar-refractivity contribution in [2.45, 2.75) is 38.6 Å². The number of benzene rings is 1. The van der Waals surface area contributed by atoms with E-state index in [0.29, 0.717) is 6.04 Å². The van der Waals surface area contributed by atoms with Gasteiger partial charge in [-0.3, -0.25) is 0 Å². The van der Waals surface area contributed by atoms with E-state index in [0.717, 1.165) is 17.2 Å². The molecule has 0 heterocycles. The van der Waals surface area contributed by atoms with Crippen LogP contribution in [-0.2, 0) is 0 Å². The van der Waals surface area contributed by atoms with Gasteiger partial charge in [0.1, 0.15) is 5.82 Å². The van der Waals surface area contributed by atoms with Crippen molar-refractivity contribution in [1.82, 2.24) is 5.32 Å². The first-order valence-corrected chi connectivity index (χ1v) is 7.04. The zero-order chi connectivity index (χ0) is 12.9. The number of hydrogen-bond donors (Lipinski definition) is 1. The lowest BCUT2D eigenvalue weighted by Crippen LogP contribution is -2.42. The maximum atomic E-state index is 13.5. The summed E-state index contributed by atoms with van der Waals surface area (Å²) in [6.07, 6.45) is 0. The molecular formula is C14H22FNS. The third-order valence-electron chi connectivity index (χ3n) is 2.74. The number of thioether (sulfide) groups is 1. The monoisotopic (exact) mass is 255 g/mol. The zero-order valence-electron chi connectivity index (χ0n) is 11.1. The molecule has 0 fully saturated rings. The van der Waals surface area contributed by atoms with Crippen LogP contribution in [0.3, 0.4) is 0 Å². The molecule has 1 atom stereocenters. The summed E-state index contributed by atoms with van der Waals surface area (Å²) in [5.41, 5.74) is 0.189. The first-order chi connectivity index (χ1) is 7.95. The van der Waals surface area contributed by atoms with Gasteiger partial charge in [0, 0.05) is 16.7 Å². The first-order valence-electron chi connectivity index (χ1n) is 6.06. The van der Waals surface area contributed by atoms with Crippen LogP contribution in [0.5, 0.6) is 0 Å². The lowest BCUT2D eigenvalue weighted by molar-refractivity contribution is 0.295. The molecule has 96 valence electrons. The Balaban J connectivity index is 2.61. The van der Waals surface area contributed by atoms with E-state index < -0.39 is 0 Å². The third-order valence-corrected chi connectivity index (χ3v) is 3.88. The fourth-order valence-corrected chi connectivity index (χ4v) is 2.94. The van der Waals surface area contributed by atoms with Crippen LogP contribution in [0.4, 0.5) is 4.39 Å². The molecular weight excluding hydrogens is 233 g/mol. The largest absolute Gasteiger partial charge is 0.313 e. The van der Waals surface area contributed by atoms with E-state index in [4.69, 9.17) is 0 Å². The van der Waals surface area contributed by atoms with Crippen molar-refractivity contribution in [2.75, 3.05) is 12.3 Å². The van der Waals surface area contributed by atoms with Gasteiger partial charge in [0.05, 0.1) is 0 Å². The van der Waals surface area contributed by atoms with Gasteiger partial charge < -0.3 is 5.32 Å². The highest BCUT2D eigenvalue weighted by Gasteiger charge is 2.23. The molecule has 0 aliphatic rings. The van der Waals surface area contributed by atoms with E-state index in [1.807, 2.05) is 12.1 Å². The maximum Gasteiger partial charge on any atom is 0.136 e. The number of hydrogen-bond acceptors (Lipinski definition) is 2. The molecule has 0 spiro atoms. The summed E-state index contributed by atoms with van der Waals surface area (Å²) in [5, 5.41) is 3.47. The summed E-state index contributed by atoms with van der Waals surface area (Å²) in [5.74, 6) is 0.764. The highest BCUT2D eigenvalue weighted by Crippen LogP contribution is 2.27. The lowest BCUT2D eigenvalue weighted by Gasteiger charge is -2.31. The Morgan fingerprint density at radius 3 is 2.47 bits per heavy atom. The SMILES string of the molecule is CCNC(CSc1ccccc1F)C(C)(C)C. The minimum Gasteiger partial charge on any atom is -0.313 e. The van der Waals surface area contributed by atoms with Gasteiger partial charge in [-0.2, -0.15) is 0 Å². The second kappa shape index (κ2) is 6.41. The molecule has 0 aliphatic heterocycles. The number of nitrogens with one attached hydrogen (secondary N) is 1. The lowest BCUT2D eigenvalue weighted by atomic mass is 9.88. The Morgan fingerprint density at radius 2 is 1.94 bits per heavy atom. The van der Waals surface area contributed by atoms with Crippen LogP contribution < -0.4 is 5.32 Å². The second-order valence-corrected chi connectivity index (χ2v) is 6.28. The zero-order valence-corrected chi connectivity index (χ0v) is 11.9. The highest BCUT2D eigenvalue weighted by molar-refractivity contribution is 7.99. The molecule has 0 saturated carbocycles. The van der Waals surface area contributed by atoms with Crippen LogP contribution in [-0.4, -0.2) is 18.3 Å². The van der Waals surface area contributed by atoms with E-state index in [2.05, 4.69) is 33.0 Å². The van der Waals surface area contributed by atoms with Crippen molar-refractivity contribution in [3.63, 3.8) is 0 Å². The summed E-state index contributed by atoms with van der Waals surface area (Å²) in [6.45, 7) is 9.68. The molecule has 1 aromatic rings. The molecule has 0 saturated heterocycles. The van der Waals surface area contributed by atoms with E-state index in [1.165, 1.54) is 6.07 Å².